The molecule has 6 aromatic carbocycles. The van der Waals surface area contributed by atoms with Crippen molar-refractivity contribution in [3.05, 3.63) is 180 Å². The average Bonchev–Trinajstić information content (AvgIpc) is 4.06. The number of para-hydroxylation sites is 4. The zero-order valence-electron chi connectivity index (χ0n) is 29.0. The Labute approximate surface area is 324 Å². The minimum absolute atomic E-state index is 0.383. The first-order valence-electron chi connectivity index (χ1n) is 17.8. The first-order valence-corrected chi connectivity index (χ1v) is 20.9. The molecule has 262 valence electrons. The van der Waals surface area contributed by atoms with E-state index in [4.69, 9.17) is 0 Å². The van der Waals surface area contributed by atoms with E-state index in [1.54, 1.807) is 0 Å². The van der Waals surface area contributed by atoms with Crippen molar-refractivity contribution in [3.8, 4) is 32.3 Å². The van der Waals surface area contributed by atoms with E-state index in [0.717, 1.165) is 64.1 Å². The average molecular weight is 765 g/mol. The molecule has 9 heteroatoms. The lowest BCUT2D eigenvalue weighted by Gasteiger charge is -2.08. The minimum Gasteiger partial charge on any atom is -0.309 e. The number of benzene rings is 6. The van der Waals surface area contributed by atoms with Gasteiger partial charge in [0.05, 0.1) is 31.8 Å². The highest BCUT2D eigenvalue weighted by molar-refractivity contribution is 7.89. The molecule has 1 aliphatic heterocycles. The van der Waals surface area contributed by atoms with E-state index in [-0.39, 0.29) is 0 Å². The molecule has 4 aromatic heterocycles. The first-order chi connectivity index (χ1) is 27.0. The highest BCUT2D eigenvalue weighted by Crippen LogP contribution is 2.38. The Kier molecular flexibility index (Phi) is 7.19. The Morgan fingerprint density at radius 3 is 1.02 bits per heavy atom. The molecule has 0 atom stereocenters. The monoisotopic (exact) mass is 764 g/mol. The summed E-state index contributed by atoms with van der Waals surface area (Å²) in [5.41, 5.74) is 9.66. The topological polar surface area (TPSA) is 68.7 Å². The van der Waals surface area contributed by atoms with Gasteiger partial charge in [-0.2, -0.15) is 8.42 Å². The van der Waals surface area contributed by atoms with Crippen LogP contribution in [0.4, 0.5) is 0 Å². The highest BCUT2D eigenvalue weighted by atomic mass is 32.2. The van der Waals surface area contributed by atoms with Gasteiger partial charge in [-0.15, -0.1) is 31.5 Å². The van der Waals surface area contributed by atoms with Gasteiger partial charge in [0.1, 0.15) is 11.4 Å². The lowest BCUT2D eigenvalue weighted by atomic mass is 10.1. The Bertz CT molecular complexity index is 3000. The maximum atomic E-state index is 12.9. The molecule has 10 aromatic rings. The second-order valence-corrected chi connectivity index (χ2v) is 16.9. The predicted octanol–water partition coefficient (Wildman–Crippen LogP) is 11.9. The molecule has 0 N–H and O–H groups in total. The molecule has 0 spiro atoms. The molecular weight excluding hydrogens is 737 g/mol. The van der Waals surface area contributed by atoms with Crippen LogP contribution in [-0.4, -0.2) is 29.0 Å². The van der Waals surface area contributed by atoms with E-state index in [9.17, 15) is 8.42 Å². The summed E-state index contributed by atoms with van der Waals surface area (Å²) in [4.78, 5) is 3.55. The van der Waals surface area contributed by atoms with Crippen LogP contribution in [0.15, 0.2) is 179 Å². The van der Waals surface area contributed by atoms with E-state index in [1.807, 2.05) is 24.3 Å². The predicted molar refractivity (Wildman–Crippen MR) is 230 cm³/mol. The van der Waals surface area contributed by atoms with Gasteiger partial charge < -0.3 is 9.13 Å². The number of thiophene rings is 2. The van der Waals surface area contributed by atoms with Crippen molar-refractivity contribution in [3.63, 3.8) is 0 Å². The van der Waals surface area contributed by atoms with Crippen LogP contribution in [0.2, 0.25) is 0 Å². The van der Waals surface area contributed by atoms with E-state index in [1.165, 1.54) is 44.2 Å². The zero-order valence-corrected chi connectivity index (χ0v) is 31.4. The molecule has 6 nitrogen and oxygen atoms in total. The highest BCUT2D eigenvalue weighted by Gasteiger charge is 2.29. The molecule has 0 saturated heterocycles. The van der Waals surface area contributed by atoms with Crippen molar-refractivity contribution in [2.24, 2.45) is 8.80 Å². The van der Waals surface area contributed by atoms with Crippen LogP contribution in [0.3, 0.4) is 0 Å². The summed E-state index contributed by atoms with van der Waals surface area (Å²) >= 11 is 3.03. The summed E-state index contributed by atoms with van der Waals surface area (Å²) in [6, 6.07) is 58.9. The molecule has 11 rings (SSSR count). The third-order valence-electron chi connectivity index (χ3n) is 10.3. The summed E-state index contributed by atoms with van der Waals surface area (Å²) in [6.45, 7) is 0. The number of aromatic nitrogens is 2. The van der Waals surface area contributed by atoms with Crippen LogP contribution in [0, 0.1) is 0 Å². The standard InChI is InChI=1S/C46H28N4O2S3/c51-55(52)47-45(43-27-25-41(53-43)29-17-21-31(22-18-29)49-37-13-5-1-9-33(37)34-10-2-6-14-38(34)49)46(48-55)44-28-26-42(54-44)30-19-23-32(24-20-30)50-39-15-7-3-11-35(39)36-12-4-8-16-40(36)50/h1-28H. The van der Waals surface area contributed by atoms with Gasteiger partial charge in [0.15, 0.2) is 0 Å². The van der Waals surface area contributed by atoms with Crippen molar-refractivity contribution in [1.82, 2.24) is 9.13 Å². The Morgan fingerprint density at radius 2 is 0.673 bits per heavy atom. The number of hydrogen-bond donors (Lipinski definition) is 0. The second kappa shape index (κ2) is 12.3. The van der Waals surface area contributed by atoms with Crippen LogP contribution >= 0.6 is 22.7 Å². The smallest absolute Gasteiger partial charge is 0.309 e. The van der Waals surface area contributed by atoms with Gasteiger partial charge in [0.25, 0.3) is 0 Å². The molecule has 0 bridgehead atoms. The molecule has 5 heterocycles. The minimum atomic E-state index is -4.00. The maximum absolute atomic E-state index is 12.9. The van der Waals surface area contributed by atoms with Crippen LogP contribution < -0.4 is 0 Å². The second-order valence-electron chi connectivity index (χ2n) is 13.5. The normalized spacial score (nSPS) is 14.0. The van der Waals surface area contributed by atoms with Crippen molar-refractivity contribution >= 4 is 87.9 Å². The summed E-state index contributed by atoms with van der Waals surface area (Å²) in [5, 5.41) is 4.89. The largest absolute Gasteiger partial charge is 0.364 e. The fourth-order valence-corrected chi connectivity index (χ4v) is 10.8. The summed E-state index contributed by atoms with van der Waals surface area (Å²) < 4.78 is 38.6. The molecule has 0 saturated carbocycles. The van der Waals surface area contributed by atoms with E-state index >= 15 is 0 Å². The number of nitrogens with zero attached hydrogens (tertiary/aromatic N) is 4. The third-order valence-corrected chi connectivity index (χ3v) is 13.4. The van der Waals surface area contributed by atoms with Gasteiger partial charge in [-0.3, -0.25) is 0 Å². The lowest BCUT2D eigenvalue weighted by molar-refractivity contribution is 0.601. The zero-order chi connectivity index (χ0) is 36.7. The molecular formula is C46H28N4O2S3. The van der Waals surface area contributed by atoms with Crippen LogP contribution in [0.1, 0.15) is 9.75 Å². The van der Waals surface area contributed by atoms with E-state index < -0.39 is 10.2 Å². The van der Waals surface area contributed by atoms with Gasteiger partial charge in [-0.05, 0) is 83.9 Å². The Hall–Kier alpha value is -6.39. The van der Waals surface area contributed by atoms with Crippen LogP contribution in [0.5, 0.6) is 0 Å². The number of rotatable bonds is 6. The Balaban J connectivity index is 0.883. The van der Waals surface area contributed by atoms with Crippen LogP contribution in [-0.2, 0) is 10.2 Å². The first kappa shape index (κ1) is 32.1. The number of hydrogen-bond acceptors (Lipinski definition) is 4. The van der Waals surface area contributed by atoms with Gasteiger partial charge >= 0.3 is 10.2 Å². The lowest BCUT2D eigenvalue weighted by Crippen LogP contribution is -2.10. The van der Waals surface area contributed by atoms with Gasteiger partial charge in [0.2, 0.25) is 0 Å². The van der Waals surface area contributed by atoms with Gasteiger partial charge in [-0.1, -0.05) is 97.1 Å². The van der Waals surface area contributed by atoms with Crippen molar-refractivity contribution in [2.45, 2.75) is 0 Å². The van der Waals surface area contributed by atoms with E-state index in [0.29, 0.717) is 11.4 Å². The van der Waals surface area contributed by atoms with Gasteiger partial charge in [0, 0.05) is 42.7 Å². The molecule has 0 radical (unpaired) electrons. The molecule has 0 amide bonds. The van der Waals surface area contributed by atoms with Crippen molar-refractivity contribution in [2.75, 3.05) is 0 Å². The summed E-state index contributed by atoms with van der Waals surface area (Å²) in [7, 11) is -4.00. The van der Waals surface area contributed by atoms with Crippen molar-refractivity contribution < 1.29 is 8.42 Å². The third kappa shape index (κ3) is 5.23. The molecule has 0 fully saturated rings. The van der Waals surface area contributed by atoms with E-state index in [2.05, 4.69) is 164 Å². The van der Waals surface area contributed by atoms with Crippen molar-refractivity contribution in [1.29, 1.82) is 0 Å². The number of fused-ring (bicyclic) bond motifs is 6. The van der Waals surface area contributed by atoms with Gasteiger partial charge in [-0.25, -0.2) is 0 Å². The molecule has 1 aliphatic rings. The fraction of sp³-hybridized carbons (Fsp3) is 0. The molecule has 55 heavy (non-hydrogen) atoms. The van der Waals surface area contributed by atoms with Crippen LogP contribution in [0.25, 0.3) is 75.9 Å². The fourth-order valence-electron chi connectivity index (χ4n) is 7.85. The quantitative estimate of drug-likeness (QED) is 0.169. The maximum Gasteiger partial charge on any atom is 0.364 e. The summed E-state index contributed by atoms with van der Waals surface area (Å²) in [6.07, 6.45) is 0. The molecule has 0 aliphatic carbocycles. The summed E-state index contributed by atoms with van der Waals surface area (Å²) in [5.74, 6) is 0. The Morgan fingerprint density at radius 1 is 0.364 bits per heavy atom. The SMILES string of the molecule is O=S1(=O)N=C(c2ccc(-c3ccc(-n4c5ccccc5c5ccccc54)cc3)s2)C(c2ccc(-c3ccc(-n4c5ccccc5c5ccccc54)cc3)s2)=N1. The molecule has 0 unspecified atom stereocenters.